The van der Waals surface area contributed by atoms with Crippen molar-refractivity contribution in [2.45, 2.75) is 77.2 Å². The van der Waals surface area contributed by atoms with Crippen LogP contribution in [0.2, 0.25) is 10.2 Å². The topological polar surface area (TPSA) is 72.4 Å². The van der Waals surface area contributed by atoms with E-state index in [2.05, 4.69) is 56.5 Å². The molecule has 2 amide bonds. The van der Waals surface area contributed by atoms with Crippen molar-refractivity contribution in [1.82, 2.24) is 24.6 Å². The Hall–Kier alpha value is -2.59. The minimum atomic E-state index is -0.694. The first kappa shape index (κ1) is 31.4. The van der Waals surface area contributed by atoms with Crippen LogP contribution in [0.3, 0.4) is 0 Å². The van der Waals surface area contributed by atoms with Gasteiger partial charge in [0, 0.05) is 54.2 Å². The fraction of sp³-hybridized carbons (Fsp3) is 0.515. The van der Waals surface area contributed by atoms with Gasteiger partial charge in [0.1, 0.15) is 21.6 Å². The molecule has 11 heteroatoms. The van der Waals surface area contributed by atoms with Gasteiger partial charge in [-0.25, -0.2) is 9.98 Å². The van der Waals surface area contributed by atoms with E-state index >= 15 is 0 Å². The molecule has 5 atom stereocenters. The zero-order valence-electron chi connectivity index (χ0n) is 26.1. The van der Waals surface area contributed by atoms with Crippen molar-refractivity contribution < 1.29 is 9.59 Å². The normalized spacial score (nSPS) is 29.1. The second kappa shape index (κ2) is 12.0. The molecule has 0 aliphatic carbocycles. The third kappa shape index (κ3) is 5.33. The first-order chi connectivity index (χ1) is 20.9. The van der Waals surface area contributed by atoms with E-state index in [9.17, 15) is 9.59 Å². The van der Waals surface area contributed by atoms with E-state index in [1.165, 1.54) is 11.8 Å². The molecule has 4 aliphatic rings. The smallest absolute Gasteiger partial charge is 0.263 e. The van der Waals surface area contributed by atoms with E-state index in [1.807, 2.05) is 40.1 Å². The number of thioether (sulfide) groups is 1. The van der Waals surface area contributed by atoms with Crippen molar-refractivity contribution in [1.29, 1.82) is 0 Å². The number of aromatic nitrogens is 1. The summed E-state index contributed by atoms with van der Waals surface area (Å²) < 4.78 is 0. The summed E-state index contributed by atoms with van der Waals surface area (Å²) in [5.74, 6) is 0.0169. The summed E-state index contributed by atoms with van der Waals surface area (Å²) in [4.78, 5) is 47.2. The number of hydrogen-bond acceptors (Lipinski definition) is 7. The molecule has 0 spiro atoms. The van der Waals surface area contributed by atoms with Gasteiger partial charge in [-0.05, 0) is 82.1 Å². The van der Waals surface area contributed by atoms with Crippen LogP contribution in [0.5, 0.6) is 0 Å². The number of aliphatic imine (C=N–C) groups is 1. The maximum atomic E-state index is 14.6. The highest BCUT2D eigenvalue weighted by Gasteiger charge is 2.54. The molecule has 234 valence electrons. The highest BCUT2D eigenvalue weighted by molar-refractivity contribution is 8.18. The van der Waals surface area contributed by atoms with Crippen LogP contribution in [0.4, 0.5) is 0 Å². The van der Waals surface area contributed by atoms with Crippen LogP contribution < -0.4 is 0 Å². The average Bonchev–Trinajstić information content (AvgIpc) is 3.64. The largest absolute Gasteiger partial charge is 0.338 e. The molecule has 2 fully saturated rings. The predicted molar refractivity (Wildman–Crippen MR) is 178 cm³/mol. The minimum Gasteiger partial charge on any atom is -0.338 e. The molecule has 2 aromatic rings. The molecule has 0 radical (unpaired) electrons. The third-order valence-electron chi connectivity index (χ3n) is 9.71. The summed E-state index contributed by atoms with van der Waals surface area (Å²) in [5.41, 5.74) is 2.20. The highest BCUT2D eigenvalue weighted by atomic mass is 35.5. The van der Waals surface area contributed by atoms with Crippen LogP contribution >= 0.6 is 35.0 Å². The van der Waals surface area contributed by atoms with E-state index in [-0.39, 0.29) is 35.9 Å². The van der Waals surface area contributed by atoms with E-state index in [4.69, 9.17) is 28.2 Å². The van der Waals surface area contributed by atoms with Gasteiger partial charge in [-0.1, -0.05) is 55.2 Å². The molecule has 0 bridgehead atoms. The molecule has 4 aliphatic heterocycles. The van der Waals surface area contributed by atoms with E-state index in [0.29, 0.717) is 34.6 Å². The quantitative estimate of drug-likeness (QED) is 0.359. The van der Waals surface area contributed by atoms with Gasteiger partial charge in [-0.2, -0.15) is 0 Å². The summed E-state index contributed by atoms with van der Waals surface area (Å²) in [6.45, 7) is 12.8. The average molecular weight is 656 g/mol. The summed E-state index contributed by atoms with van der Waals surface area (Å²) in [6, 6.07) is 11.2. The predicted octanol–water partition coefficient (Wildman–Crippen LogP) is 6.17. The standard InChI is InChI=1S/C33H40Cl2N6O2S/c1-19(2)27-28(31(43)40-20(3)7-13-25(40)30(42)39-16-15-38(6)21(4)18-39)44-32-37-33(5,23-10-14-26(35)36-17-23)29(41(27)32)22-8-11-24(34)12-9-22/h8-12,14,17,19-21,25,29H,7,13,15-16,18H2,1-6H3/t20-,21-,25+,29-,33+/m1/s1. The Morgan fingerprint density at radius 3 is 2.39 bits per heavy atom. The molecule has 0 unspecified atom stereocenters. The molecule has 2 saturated heterocycles. The van der Waals surface area contributed by atoms with Crippen molar-refractivity contribution in [3.63, 3.8) is 0 Å². The number of likely N-dealkylation sites (tertiary alicyclic amines) is 1. The molecule has 1 aromatic heterocycles. The molecule has 44 heavy (non-hydrogen) atoms. The number of fused-ring (bicyclic) bond motifs is 1. The fourth-order valence-corrected chi connectivity index (χ4v) is 8.69. The van der Waals surface area contributed by atoms with Crippen LogP contribution in [0.25, 0.3) is 0 Å². The number of amidine groups is 1. The lowest BCUT2D eigenvalue weighted by atomic mass is 9.81. The number of hydrogen-bond donors (Lipinski definition) is 0. The molecular weight excluding hydrogens is 615 g/mol. The van der Waals surface area contributed by atoms with Crippen LogP contribution in [-0.4, -0.2) is 86.4 Å². The molecule has 0 saturated carbocycles. The number of carbonyl (C=O) groups is 2. The summed E-state index contributed by atoms with van der Waals surface area (Å²) in [6.07, 6.45) is 3.27. The number of carbonyl (C=O) groups excluding carboxylic acids is 2. The first-order valence-electron chi connectivity index (χ1n) is 15.4. The number of rotatable bonds is 5. The van der Waals surface area contributed by atoms with Gasteiger partial charge in [0.2, 0.25) is 5.91 Å². The Morgan fingerprint density at radius 1 is 1.02 bits per heavy atom. The van der Waals surface area contributed by atoms with Gasteiger partial charge >= 0.3 is 0 Å². The fourth-order valence-electron chi connectivity index (χ4n) is 7.10. The van der Waals surface area contributed by atoms with Crippen molar-refractivity contribution in [2.24, 2.45) is 10.9 Å². The lowest BCUT2D eigenvalue weighted by Gasteiger charge is -2.40. The number of halogens is 2. The second-order valence-corrected chi connectivity index (χ2v) is 14.8. The van der Waals surface area contributed by atoms with Gasteiger partial charge in [0.15, 0.2) is 5.17 Å². The van der Waals surface area contributed by atoms with Gasteiger partial charge in [-0.15, -0.1) is 0 Å². The van der Waals surface area contributed by atoms with Gasteiger partial charge < -0.3 is 19.6 Å². The number of likely N-dealkylation sites (N-methyl/N-ethyl adjacent to an activating group) is 1. The molecule has 8 nitrogen and oxygen atoms in total. The Balaban J connectivity index is 1.38. The molecule has 1 aromatic carbocycles. The zero-order valence-corrected chi connectivity index (χ0v) is 28.5. The number of piperazine rings is 1. The summed E-state index contributed by atoms with van der Waals surface area (Å²) in [7, 11) is 2.10. The Labute approximate surface area is 274 Å². The van der Waals surface area contributed by atoms with Crippen molar-refractivity contribution >= 4 is 51.9 Å². The number of pyridine rings is 1. The highest BCUT2D eigenvalue weighted by Crippen LogP contribution is 2.56. The molecular formula is C33H40Cl2N6O2S. The zero-order chi connectivity index (χ0) is 31.5. The lowest BCUT2D eigenvalue weighted by molar-refractivity contribution is -0.144. The minimum absolute atomic E-state index is 0.0279. The van der Waals surface area contributed by atoms with E-state index in [1.54, 1.807) is 12.3 Å². The van der Waals surface area contributed by atoms with E-state index < -0.39 is 11.6 Å². The number of allylic oxidation sites excluding steroid dienone is 1. The van der Waals surface area contributed by atoms with E-state index in [0.717, 1.165) is 35.0 Å². The van der Waals surface area contributed by atoms with Crippen molar-refractivity contribution in [3.8, 4) is 0 Å². The lowest BCUT2D eigenvalue weighted by Crippen LogP contribution is -2.57. The molecule has 0 N–H and O–H groups in total. The number of nitrogens with zero attached hydrogens (tertiary/aromatic N) is 6. The summed E-state index contributed by atoms with van der Waals surface area (Å²) >= 11 is 13.9. The number of benzene rings is 1. The van der Waals surface area contributed by atoms with Crippen LogP contribution in [0.15, 0.2) is 58.2 Å². The van der Waals surface area contributed by atoms with Gasteiger partial charge in [0.25, 0.3) is 5.91 Å². The monoisotopic (exact) mass is 654 g/mol. The Kier molecular flexibility index (Phi) is 8.54. The van der Waals surface area contributed by atoms with Crippen molar-refractivity contribution in [2.75, 3.05) is 26.7 Å². The second-order valence-electron chi connectivity index (χ2n) is 13.0. The summed E-state index contributed by atoms with van der Waals surface area (Å²) in [5, 5.41) is 1.85. The van der Waals surface area contributed by atoms with Crippen LogP contribution in [0, 0.1) is 5.92 Å². The maximum absolute atomic E-state index is 14.6. The Morgan fingerprint density at radius 2 is 1.75 bits per heavy atom. The van der Waals surface area contributed by atoms with Crippen molar-refractivity contribution in [3.05, 3.63) is 74.5 Å². The maximum Gasteiger partial charge on any atom is 0.263 e. The number of amides is 2. The third-order valence-corrected chi connectivity index (χ3v) is 11.2. The first-order valence-corrected chi connectivity index (χ1v) is 17.0. The SMILES string of the molecule is CC(C)C1=C(C(=O)N2[C@H](C)CC[C@H]2C(=O)N2CCN(C)[C@H](C)C2)SC2=N[C@@](C)(c3ccc(Cl)nc3)[C@@H](c3ccc(Cl)cc3)N21. The molecule has 5 heterocycles. The Bertz CT molecular complexity index is 1510. The van der Waals surface area contributed by atoms with Gasteiger partial charge in [-0.3, -0.25) is 9.59 Å². The van der Waals surface area contributed by atoms with Crippen LogP contribution in [-0.2, 0) is 15.1 Å². The van der Waals surface area contributed by atoms with Gasteiger partial charge in [0.05, 0.1) is 6.04 Å². The molecule has 6 rings (SSSR count). The van der Waals surface area contributed by atoms with Crippen LogP contribution in [0.1, 0.15) is 64.6 Å².